The molecule has 0 aliphatic heterocycles. The van der Waals surface area contributed by atoms with Crippen molar-refractivity contribution in [2.75, 3.05) is 0 Å². The lowest BCUT2D eigenvalue weighted by molar-refractivity contribution is -0.136. The number of hydrogen-bond acceptors (Lipinski definition) is 5. The maximum absolute atomic E-state index is 11.0. The minimum Gasteiger partial charge on any atom is -0.481 e. The van der Waals surface area contributed by atoms with Gasteiger partial charge in [0.1, 0.15) is 4.88 Å². The highest BCUT2D eigenvalue weighted by molar-refractivity contribution is 8.00. The number of hydrogen-bond donors (Lipinski definition) is 2. The number of thioether (sulfide) groups is 1. The van der Waals surface area contributed by atoms with E-state index in [4.69, 9.17) is 10.2 Å². The number of benzene rings is 1. The molecule has 1 aromatic heterocycles. The third-order valence-electron chi connectivity index (χ3n) is 2.78. The van der Waals surface area contributed by atoms with Gasteiger partial charge in [-0.05, 0) is 18.1 Å². The van der Waals surface area contributed by atoms with Crippen LogP contribution in [-0.2, 0) is 17.0 Å². The molecular formula is C14H13NO4S2. The van der Waals surface area contributed by atoms with Crippen LogP contribution in [0.4, 0.5) is 0 Å². The lowest BCUT2D eigenvalue weighted by Crippen LogP contribution is -2.02. The first-order valence-electron chi connectivity index (χ1n) is 6.09. The first kappa shape index (κ1) is 15.5. The Morgan fingerprint density at radius 3 is 2.48 bits per heavy atom. The zero-order valence-electron chi connectivity index (χ0n) is 11.2. The maximum atomic E-state index is 11.0. The fourth-order valence-corrected chi connectivity index (χ4v) is 3.87. The summed E-state index contributed by atoms with van der Waals surface area (Å²) in [6, 6.07) is 7.34. The van der Waals surface area contributed by atoms with Crippen molar-refractivity contribution in [2.45, 2.75) is 23.4 Å². The van der Waals surface area contributed by atoms with Crippen molar-refractivity contribution in [3.05, 3.63) is 46.0 Å². The van der Waals surface area contributed by atoms with E-state index in [0.717, 1.165) is 22.5 Å². The molecule has 5 nitrogen and oxygen atoms in total. The van der Waals surface area contributed by atoms with Crippen LogP contribution in [0.5, 0.6) is 0 Å². The van der Waals surface area contributed by atoms with Gasteiger partial charge in [0.05, 0.1) is 12.1 Å². The van der Waals surface area contributed by atoms with Crippen molar-refractivity contribution < 1.29 is 19.8 Å². The molecule has 0 amide bonds. The van der Waals surface area contributed by atoms with Gasteiger partial charge in [0.25, 0.3) is 0 Å². The zero-order valence-corrected chi connectivity index (χ0v) is 12.8. The first-order chi connectivity index (χ1) is 9.97. The van der Waals surface area contributed by atoms with Crippen molar-refractivity contribution >= 4 is 35.0 Å². The second-order valence-corrected chi connectivity index (χ2v) is 6.55. The van der Waals surface area contributed by atoms with Crippen molar-refractivity contribution in [2.24, 2.45) is 0 Å². The minimum absolute atomic E-state index is 0.0198. The van der Waals surface area contributed by atoms with E-state index < -0.39 is 11.9 Å². The molecule has 0 saturated heterocycles. The molecular weight excluding hydrogens is 310 g/mol. The van der Waals surface area contributed by atoms with Gasteiger partial charge in [0.2, 0.25) is 0 Å². The van der Waals surface area contributed by atoms with E-state index in [2.05, 4.69) is 4.98 Å². The van der Waals surface area contributed by atoms with E-state index >= 15 is 0 Å². The van der Waals surface area contributed by atoms with Gasteiger partial charge in [-0.1, -0.05) is 36.0 Å². The number of aromatic nitrogens is 1. The zero-order chi connectivity index (χ0) is 15.4. The van der Waals surface area contributed by atoms with E-state index in [9.17, 15) is 9.59 Å². The van der Waals surface area contributed by atoms with Gasteiger partial charge in [-0.2, -0.15) is 0 Å². The van der Waals surface area contributed by atoms with Crippen LogP contribution in [0.25, 0.3) is 0 Å². The molecule has 2 N–H and O–H groups in total. The number of rotatable bonds is 6. The molecule has 0 saturated carbocycles. The van der Waals surface area contributed by atoms with E-state index in [0.29, 0.717) is 15.8 Å². The third-order valence-corrected chi connectivity index (χ3v) is 5.12. The van der Waals surface area contributed by atoms with Crippen LogP contribution >= 0.6 is 23.1 Å². The van der Waals surface area contributed by atoms with Crippen LogP contribution in [0.15, 0.2) is 28.6 Å². The van der Waals surface area contributed by atoms with Crippen molar-refractivity contribution in [3.8, 4) is 0 Å². The number of thiazole rings is 1. The average molecular weight is 323 g/mol. The molecule has 21 heavy (non-hydrogen) atoms. The lowest BCUT2D eigenvalue weighted by Gasteiger charge is -2.05. The Balaban J connectivity index is 2.11. The SMILES string of the molecule is Cc1nc(SCc2ccccc2CC(=O)O)sc1C(=O)O. The highest BCUT2D eigenvalue weighted by Crippen LogP contribution is 2.30. The molecule has 0 unspecified atom stereocenters. The second kappa shape index (κ2) is 6.73. The molecule has 2 rings (SSSR count). The molecule has 0 spiro atoms. The Labute approximate surface area is 129 Å². The number of aromatic carboxylic acids is 1. The van der Waals surface area contributed by atoms with Crippen LogP contribution in [0.3, 0.4) is 0 Å². The normalized spacial score (nSPS) is 10.5. The molecule has 1 aromatic carbocycles. The molecule has 0 aliphatic carbocycles. The van der Waals surface area contributed by atoms with Crippen molar-refractivity contribution in [3.63, 3.8) is 0 Å². The summed E-state index contributed by atoms with van der Waals surface area (Å²) < 4.78 is 0.676. The third kappa shape index (κ3) is 4.05. The molecule has 2 aromatic rings. The summed E-state index contributed by atoms with van der Waals surface area (Å²) in [5.41, 5.74) is 2.20. The first-order valence-corrected chi connectivity index (χ1v) is 7.89. The number of aliphatic carboxylic acids is 1. The number of carboxylic acids is 2. The van der Waals surface area contributed by atoms with Gasteiger partial charge in [-0.25, -0.2) is 9.78 Å². The fourth-order valence-electron chi connectivity index (χ4n) is 1.81. The van der Waals surface area contributed by atoms with Gasteiger partial charge < -0.3 is 10.2 Å². The van der Waals surface area contributed by atoms with Crippen molar-refractivity contribution in [1.82, 2.24) is 4.98 Å². The predicted molar refractivity (Wildman–Crippen MR) is 81.2 cm³/mol. The summed E-state index contributed by atoms with van der Waals surface area (Å²) in [5, 5.41) is 17.9. The van der Waals surface area contributed by atoms with E-state index in [1.165, 1.54) is 11.8 Å². The van der Waals surface area contributed by atoms with Crippen LogP contribution in [0.1, 0.15) is 26.5 Å². The van der Waals surface area contributed by atoms with Crippen LogP contribution < -0.4 is 0 Å². The Kier molecular flexibility index (Phi) is 4.98. The molecule has 110 valence electrons. The standard InChI is InChI=1S/C14H13NO4S2/c1-8-12(13(18)19)21-14(15-8)20-7-10-5-3-2-4-9(10)6-11(16)17/h2-5H,6-7H2,1H3,(H,16,17)(H,18,19). The second-order valence-electron chi connectivity index (χ2n) is 4.33. The summed E-state index contributed by atoms with van der Waals surface area (Å²) in [7, 11) is 0. The van der Waals surface area contributed by atoms with Gasteiger partial charge in [-0.3, -0.25) is 4.79 Å². The Morgan fingerprint density at radius 1 is 1.24 bits per heavy atom. The smallest absolute Gasteiger partial charge is 0.347 e. The molecule has 0 aliphatic rings. The monoisotopic (exact) mass is 323 g/mol. The van der Waals surface area contributed by atoms with Gasteiger partial charge in [-0.15, -0.1) is 11.3 Å². The molecule has 0 radical (unpaired) electrons. The molecule has 0 bridgehead atoms. The Hall–Kier alpha value is -1.86. The number of carboxylic acid groups (broad SMARTS) is 2. The van der Waals surface area contributed by atoms with Crippen LogP contribution in [0.2, 0.25) is 0 Å². The Morgan fingerprint density at radius 2 is 1.90 bits per heavy atom. The highest BCUT2D eigenvalue weighted by Gasteiger charge is 2.15. The summed E-state index contributed by atoms with van der Waals surface area (Å²) >= 11 is 2.56. The van der Waals surface area contributed by atoms with E-state index in [1.54, 1.807) is 13.0 Å². The largest absolute Gasteiger partial charge is 0.481 e. The predicted octanol–water partition coefficient (Wildman–Crippen LogP) is 3.07. The Bertz CT molecular complexity index is 681. The quantitative estimate of drug-likeness (QED) is 0.794. The van der Waals surface area contributed by atoms with Crippen LogP contribution in [-0.4, -0.2) is 27.1 Å². The average Bonchev–Trinajstić information content (AvgIpc) is 2.78. The summed E-state index contributed by atoms with van der Waals surface area (Å²) in [6.07, 6.45) is -0.0198. The van der Waals surface area contributed by atoms with Gasteiger partial charge in [0.15, 0.2) is 4.34 Å². The fraction of sp³-hybridized carbons (Fsp3) is 0.214. The summed E-state index contributed by atoms with van der Waals surface area (Å²) in [6.45, 7) is 1.67. The van der Waals surface area contributed by atoms with E-state index in [-0.39, 0.29) is 11.3 Å². The molecule has 0 atom stereocenters. The number of aryl methyl sites for hydroxylation is 1. The summed E-state index contributed by atoms with van der Waals surface area (Å²) in [4.78, 5) is 26.3. The van der Waals surface area contributed by atoms with Crippen molar-refractivity contribution in [1.29, 1.82) is 0 Å². The van der Waals surface area contributed by atoms with E-state index in [1.807, 2.05) is 18.2 Å². The number of nitrogens with zero attached hydrogens (tertiary/aromatic N) is 1. The molecule has 7 heteroatoms. The number of carbonyl (C=O) groups is 2. The highest BCUT2D eigenvalue weighted by atomic mass is 32.2. The molecule has 0 fully saturated rings. The van der Waals surface area contributed by atoms with Gasteiger partial charge >= 0.3 is 11.9 Å². The lowest BCUT2D eigenvalue weighted by atomic mass is 10.1. The molecule has 1 heterocycles. The topological polar surface area (TPSA) is 87.5 Å². The van der Waals surface area contributed by atoms with Crippen LogP contribution in [0, 0.1) is 6.92 Å². The van der Waals surface area contributed by atoms with Gasteiger partial charge in [0, 0.05) is 5.75 Å². The maximum Gasteiger partial charge on any atom is 0.347 e. The summed E-state index contributed by atoms with van der Waals surface area (Å²) in [5.74, 6) is -1.27. The minimum atomic E-state index is -0.969.